The summed E-state index contributed by atoms with van der Waals surface area (Å²) in [6, 6.07) is 19.1. The highest BCUT2D eigenvalue weighted by atomic mass is 16.3. The van der Waals surface area contributed by atoms with Crippen LogP contribution < -0.4 is 0 Å². The molecule has 5 rings (SSSR count). The molecule has 0 amide bonds. The Morgan fingerprint density at radius 2 is 1.96 bits per heavy atom. The quantitative estimate of drug-likeness (QED) is 0.546. The van der Waals surface area contributed by atoms with Crippen LogP contribution in [0.5, 0.6) is 0 Å². The maximum absolute atomic E-state index is 5.54. The molecule has 2 aromatic carbocycles. The van der Waals surface area contributed by atoms with Crippen LogP contribution in [0.15, 0.2) is 71.5 Å². The van der Waals surface area contributed by atoms with E-state index in [-0.39, 0.29) is 0 Å². The minimum Gasteiger partial charge on any atom is -0.468 e. The molecule has 1 aliphatic rings. The number of furan rings is 1. The van der Waals surface area contributed by atoms with E-state index in [1.807, 2.05) is 12.3 Å². The summed E-state index contributed by atoms with van der Waals surface area (Å²) in [6.45, 7) is 3.02. The van der Waals surface area contributed by atoms with E-state index >= 15 is 0 Å². The number of likely N-dealkylation sites (tertiary alicyclic amines) is 1. The first-order chi connectivity index (χ1) is 13.4. The summed E-state index contributed by atoms with van der Waals surface area (Å²) in [5.74, 6) is 1.50. The number of hydrogen-bond acceptors (Lipinski definition) is 3. The molecule has 1 fully saturated rings. The molecule has 2 aromatic heterocycles. The van der Waals surface area contributed by atoms with Gasteiger partial charge in [0.2, 0.25) is 0 Å². The molecule has 4 aromatic rings. The first-order valence-corrected chi connectivity index (χ1v) is 9.64. The van der Waals surface area contributed by atoms with Crippen LogP contribution in [-0.2, 0) is 6.54 Å². The van der Waals surface area contributed by atoms with Crippen LogP contribution in [-0.4, -0.2) is 28.2 Å². The maximum atomic E-state index is 5.54. The van der Waals surface area contributed by atoms with Gasteiger partial charge in [-0.15, -0.1) is 0 Å². The van der Waals surface area contributed by atoms with Crippen molar-refractivity contribution in [3.05, 3.63) is 78.5 Å². The number of hydrogen-bond donors (Lipinski definition) is 1. The van der Waals surface area contributed by atoms with Crippen molar-refractivity contribution in [1.29, 1.82) is 0 Å². The highest BCUT2D eigenvalue weighted by Crippen LogP contribution is 2.36. The Morgan fingerprint density at radius 3 is 2.89 bits per heavy atom. The number of piperidine rings is 1. The lowest BCUT2D eigenvalue weighted by molar-refractivity contribution is 0.185. The van der Waals surface area contributed by atoms with Crippen molar-refractivity contribution in [2.75, 3.05) is 13.1 Å². The number of H-pyrrole nitrogens is 1. The fourth-order valence-electron chi connectivity index (χ4n) is 4.34. The minimum absolute atomic E-state index is 0.463. The molecule has 0 spiro atoms. The Bertz CT molecular complexity index is 1030. The largest absolute Gasteiger partial charge is 0.468 e. The Balaban J connectivity index is 1.46. The van der Waals surface area contributed by atoms with Gasteiger partial charge in [0, 0.05) is 23.7 Å². The molecule has 3 heterocycles. The molecule has 136 valence electrons. The average molecular weight is 357 g/mol. The summed E-state index contributed by atoms with van der Waals surface area (Å²) in [4.78, 5) is 2.49. The Hall–Kier alpha value is -2.85. The second-order valence-corrected chi connectivity index (χ2v) is 7.38. The van der Waals surface area contributed by atoms with Crippen LogP contribution in [0.4, 0.5) is 0 Å². The van der Waals surface area contributed by atoms with Crippen molar-refractivity contribution in [1.82, 2.24) is 15.1 Å². The molecule has 1 saturated heterocycles. The van der Waals surface area contributed by atoms with Crippen LogP contribution in [0.2, 0.25) is 0 Å². The third-order valence-electron chi connectivity index (χ3n) is 5.62. The summed E-state index contributed by atoms with van der Waals surface area (Å²) in [6.07, 6.45) is 6.13. The number of aromatic amines is 1. The van der Waals surface area contributed by atoms with Gasteiger partial charge in [0.05, 0.1) is 19.0 Å². The van der Waals surface area contributed by atoms with Crippen LogP contribution in [0.1, 0.15) is 30.2 Å². The van der Waals surface area contributed by atoms with Gasteiger partial charge in [0.15, 0.2) is 0 Å². The van der Waals surface area contributed by atoms with Gasteiger partial charge in [-0.1, -0.05) is 42.5 Å². The molecule has 0 saturated carbocycles. The standard InChI is InChI=1S/C23H23N3O/c1-2-10-20-17(6-1)7-3-11-21(20)22-14-24-25-23(22)18-8-4-12-26(15-18)16-19-9-5-13-27-19/h1-3,5-7,9-11,13-14,18H,4,8,12,15-16H2,(H,24,25)/t18-/m0/s1. The number of fused-ring (bicyclic) bond motifs is 1. The molecular formula is C23H23N3O. The van der Waals surface area contributed by atoms with Gasteiger partial charge in [-0.25, -0.2) is 0 Å². The SMILES string of the molecule is c1coc(CN2CCC[C@H](c3[nH]ncc3-c3cccc4ccccc34)C2)c1. The monoisotopic (exact) mass is 357 g/mol. The molecule has 0 unspecified atom stereocenters. The smallest absolute Gasteiger partial charge is 0.117 e. The minimum atomic E-state index is 0.463. The Kier molecular flexibility index (Phi) is 4.26. The van der Waals surface area contributed by atoms with Crippen molar-refractivity contribution in [2.45, 2.75) is 25.3 Å². The van der Waals surface area contributed by atoms with Gasteiger partial charge in [-0.05, 0) is 47.9 Å². The molecule has 0 bridgehead atoms. The molecule has 0 radical (unpaired) electrons. The molecule has 4 heteroatoms. The molecule has 1 N–H and O–H groups in total. The fourth-order valence-corrected chi connectivity index (χ4v) is 4.34. The van der Waals surface area contributed by atoms with E-state index in [2.05, 4.69) is 63.6 Å². The van der Waals surface area contributed by atoms with E-state index in [9.17, 15) is 0 Å². The zero-order valence-electron chi connectivity index (χ0n) is 15.3. The van der Waals surface area contributed by atoms with E-state index in [0.29, 0.717) is 5.92 Å². The normalized spacial score (nSPS) is 18.1. The van der Waals surface area contributed by atoms with E-state index in [1.54, 1.807) is 6.26 Å². The van der Waals surface area contributed by atoms with Gasteiger partial charge in [-0.3, -0.25) is 10.00 Å². The van der Waals surface area contributed by atoms with E-state index in [0.717, 1.165) is 25.4 Å². The Labute approximate surface area is 158 Å². The zero-order chi connectivity index (χ0) is 18.1. The van der Waals surface area contributed by atoms with Crippen molar-refractivity contribution >= 4 is 10.8 Å². The first-order valence-electron chi connectivity index (χ1n) is 9.64. The lowest BCUT2D eigenvalue weighted by atomic mass is 9.89. The summed E-state index contributed by atoms with van der Waals surface area (Å²) < 4.78 is 5.54. The molecule has 27 heavy (non-hydrogen) atoms. The molecule has 0 aliphatic carbocycles. The number of aromatic nitrogens is 2. The number of nitrogens with one attached hydrogen (secondary N) is 1. The highest BCUT2D eigenvalue weighted by molar-refractivity contribution is 5.97. The zero-order valence-corrected chi connectivity index (χ0v) is 15.3. The van der Waals surface area contributed by atoms with Crippen LogP contribution in [0.3, 0.4) is 0 Å². The number of rotatable bonds is 4. The van der Waals surface area contributed by atoms with Gasteiger partial charge in [-0.2, -0.15) is 5.10 Å². The van der Waals surface area contributed by atoms with Gasteiger partial charge < -0.3 is 4.42 Å². The third-order valence-corrected chi connectivity index (χ3v) is 5.62. The van der Waals surface area contributed by atoms with Crippen molar-refractivity contribution < 1.29 is 4.42 Å². The summed E-state index contributed by atoms with van der Waals surface area (Å²) in [5.41, 5.74) is 3.76. The summed E-state index contributed by atoms with van der Waals surface area (Å²) in [5, 5.41) is 10.3. The molecule has 1 atom stereocenters. The van der Waals surface area contributed by atoms with Gasteiger partial charge in [0.25, 0.3) is 0 Å². The van der Waals surface area contributed by atoms with E-state index in [4.69, 9.17) is 4.42 Å². The second kappa shape index (κ2) is 7.05. The van der Waals surface area contributed by atoms with Gasteiger partial charge >= 0.3 is 0 Å². The highest BCUT2D eigenvalue weighted by Gasteiger charge is 2.26. The van der Waals surface area contributed by atoms with E-state index < -0.39 is 0 Å². The lowest BCUT2D eigenvalue weighted by Crippen LogP contribution is -2.34. The van der Waals surface area contributed by atoms with Crippen molar-refractivity contribution in [2.24, 2.45) is 0 Å². The predicted octanol–water partition coefficient (Wildman–Crippen LogP) is 5.20. The van der Waals surface area contributed by atoms with E-state index in [1.165, 1.54) is 40.4 Å². The van der Waals surface area contributed by atoms with Crippen molar-refractivity contribution in [3.63, 3.8) is 0 Å². The Morgan fingerprint density at radius 1 is 1.04 bits per heavy atom. The van der Waals surface area contributed by atoms with Crippen LogP contribution >= 0.6 is 0 Å². The average Bonchev–Trinajstić information content (AvgIpc) is 3.40. The maximum Gasteiger partial charge on any atom is 0.117 e. The predicted molar refractivity (Wildman–Crippen MR) is 107 cm³/mol. The summed E-state index contributed by atoms with van der Waals surface area (Å²) >= 11 is 0. The second-order valence-electron chi connectivity index (χ2n) is 7.38. The molecule has 4 nitrogen and oxygen atoms in total. The van der Waals surface area contributed by atoms with Crippen molar-refractivity contribution in [3.8, 4) is 11.1 Å². The first kappa shape index (κ1) is 16.3. The fraction of sp³-hybridized carbons (Fsp3) is 0.261. The van der Waals surface area contributed by atoms with Crippen LogP contribution in [0, 0.1) is 0 Å². The van der Waals surface area contributed by atoms with Gasteiger partial charge in [0.1, 0.15) is 5.76 Å². The summed E-state index contributed by atoms with van der Waals surface area (Å²) in [7, 11) is 0. The lowest BCUT2D eigenvalue weighted by Gasteiger charge is -2.32. The van der Waals surface area contributed by atoms with Crippen LogP contribution in [0.25, 0.3) is 21.9 Å². The third kappa shape index (κ3) is 3.17. The topological polar surface area (TPSA) is 45.1 Å². The molecular weight excluding hydrogens is 334 g/mol. The number of benzene rings is 2. The molecule has 1 aliphatic heterocycles. The number of nitrogens with zero attached hydrogens (tertiary/aromatic N) is 2.